The van der Waals surface area contributed by atoms with Gasteiger partial charge in [0.15, 0.2) is 0 Å². The summed E-state index contributed by atoms with van der Waals surface area (Å²) in [6, 6.07) is 4.38. The van der Waals surface area contributed by atoms with Crippen molar-refractivity contribution in [3.8, 4) is 5.75 Å². The van der Waals surface area contributed by atoms with Gasteiger partial charge in [0.1, 0.15) is 5.75 Å². The number of rotatable bonds is 8. The van der Waals surface area contributed by atoms with E-state index in [9.17, 15) is 0 Å². The minimum Gasteiger partial charge on any atom is -0.490 e. The molecule has 108 valence electrons. The Morgan fingerprint density at radius 2 is 1.37 bits per heavy atom. The van der Waals surface area contributed by atoms with E-state index in [-0.39, 0.29) is 0 Å². The van der Waals surface area contributed by atoms with Crippen molar-refractivity contribution in [1.82, 2.24) is 0 Å². The van der Waals surface area contributed by atoms with E-state index in [1.54, 1.807) is 0 Å². The smallest absolute Gasteiger partial charge is 0.120 e. The molecule has 1 aromatic rings. The lowest BCUT2D eigenvalue weighted by atomic mass is 10.0. The average Bonchev–Trinajstić information content (AvgIpc) is 2.39. The number of benzene rings is 1. The van der Waals surface area contributed by atoms with E-state index in [2.05, 4.69) is 46.8 Å². The molecule has 0 saturated carbocycles. The SMILES string of the molecule is CCCCC(CCCC)Oc1cc(C)c(C)c(C)c1. The molecule has 1 nitrogen and oxygen atoms in total. The molecule has 1 heteroatoms. The molecule has 0 atom stereocenters. The van der Waals surface area contributed by atoms with Crippen LogP contribution >= 0.6 is 0 Å². The Morgan fingerprint density at radius 1 is 0.895 bits per heavy atom. The van der Waals surface area contributed by atoms with Crippen molar-refractivity contribution in [3.63, 3.8) is 0 Å². The van der Waals surface area contributed by atoms with Gasteiger partial charge in [0.25, 0.3) is 0 Å². The van der Waals surface area contributed by atoms with E-state index in [1.807, 2.05) is 0 Å². The van der Waals surface area contributed by atoms with Crippen LogP contribution in [0, 0.1) is 20.8 Å². The van der Waals surface area contributed by atoms with Gasteiger partial charge in [-0.25, -0.2) is 0 Å². The lowest BCUT2D eigenvalue weighted by molar-refractivity contribution is 0.174. The Morgan fingerprint density at radius 3 is 1.79 bits per heavy atom. The second-order valence-electron chi connectivity index (χ2n) is 5.71. The minimum absolute atomic E-state index is 0.390. The second-order valence-corrected chi connectivity index (χ2v) is 5.71. The normalized spacial score (nSPS) is 11.1. The summed E-state index contributed by atoms with van der Waals surface area (Å²) in [5.41, 5.74) is 4.05. The summed E-state index contributed by atoms with van der Waals surface area (Å²) in [7, 11) is 0. The molecule has 0 N–H and O–H groups in total. The van der Waals surface area contributed by atoms with Crippen LogP contribution < -0.4 is 4.74 Å². The fourth-order valence-electron chi connectivity index (χ4n) is 2.38. The highest BCUT2D eigenvalue weighted by atomic mass is 16.5. The van der Waals surface area contributed by atoms with Gasteiger partial charge in [-0.15, -0.1) is 0 Å². The van der Waals surface area contributed by atoms with Gasteiger partial charge in [-0.05, 0) is 62.4 Å². The molecular weight excluding hydrogens is 232 g/mol. The summed E-state index contributed by atoms with van der Waals surface area (Å²) in [6.07, 6.45) is 7.78. The van der Waals surface area contributed by atoms with Gasteiger partial charge < -0.3 is 4.74 Å². The Balaban J connectivity index is 2.71. The molecule has 0 spiro atoms. The molecule has 1 rings (SSSR count). The predicted molar refractivity (Wildman–Crippen MR) is 84.1 cm³/mol. The third-order valence-corrected chi connectivity index (χ3v) is 3.96. The van der Waals surface area contributed by atoms with Crippen LogP contribution in [0.3, 0.4) is 0 Å². The highest BCUT2D eigenvalue weighted by Crippen LogP contribution is 2.24. The van der Waals surface area contributed by atoms with Crippen molar-refractivity contribution in [2.75, 3.05) is 0 Å². The van der Waals surface area contributed by atoms with Gasteiger partial charge in [-0.2, -0.15) is 0 Å². The van der Waals surface area contributed by atoms with Crippen LogP contribution in [0.4, 0.5) is 0 Å². The van der Waals surface area contributed by atoms with E-state index in [0.29, 0.717) is 6.10 Å². The predicted octanol–water partition coefficient (Wildman–Crippen LogP) is 5.74. The molecule has 1 aromatic carbocycles. The third-order valence-electron chi connectivity index (χ3n) is 3.96. The lowest BCUT2D eigenvalue weighted by Gasteiger charge is -2.20. The van der Waals surface area contributed by atoms with Crippen LogP contribution in [0.1, 0.15) is 69.1 Å². The van der Waals surface area contributed by atoms with Crippen LogP contribution in [0.5, 0.6) is 5.75 Å². The Hall–Kier alpha value is -0.980. The summed E-state index contributed by atoms with van der Waals surface area (Å²) < 4.78 is 6.24. The van der Waals surface area contributed by atoms with E-state index in [1.165, 1.54) is 55.2 Å². The molecule has 0 amide bonds. The number of unbranched alkanes of at least 4 members (excludes halogenated alkanes) is 2. The summed E-state index contributed by atoms with van der Waals surface area (Å²) in [5, 5.41) is 0. The summed E-state index contributed by atoms with van der Waals surface area (Å²) >= 11 is 0. The first kappa shape index (κ1) is 16.1. The quantitative estimate of drug-likeness (QED) is 0.580. The van der Waals surface area contributed by atoms with Gasteiger partial charge in [0, 0.05) is 0 Å². The minimum atomic E-state index is 0.390. The maximum Gasteiger partial charge on any atom is 0.120 e. The molecule has 0 aromatic heterocycles. The molecule has 0 saturated heterocycles. The maximum absolute atomic E-state index is 6.24. The molecule has 0 aliphatic heterocycles. The summed E-state index contributed by atoms with van der Waals surface area (Å²) in [6.45, 7) is 11.0. The fourth-order valence-corrected chi connectivity index (χ4v) is 2.38. The van der Waals surface area contributed by atoms with Gasteiger partial charge >= 0.3 is 0 Å². The number of hydrogen-bond donors (Lipinski definition) is 0. The molecule has 0 aliphatic carbocycles. The molecule has 0 bridgehead atoms. The highest BCUT2D eigenvalue weighted by molar-refractivity contribution is 5.40. The summed E-state index contributed by atoms with van der Waals surface area (Å²) in [4.78, 5) is 0. The average molecular weight is 262 g/mol. The number of ether oxygens (including phenoxy) is 1. The van der Waals surface area contributed by atoms with Crippen LogP contribution in [0.25, 0.3) is 0 Å². The molecule has 0 unspecified atom stereocenters. The van der Waals surface area contributed by atoms with Gasteiger partial charge in [-0.1, -0.05) is 39.5 Å². The molecule has 0 radical (unpaired) electrons. The zero-order valence-corrected chi connectivity index (χ0v) is 13.4. The van der Waals surface area contributed by atoms with E-state index < -0.39 is 0 Å². The largest absolute Gasteiger partial charge is 0.490 e. The van der Waals surface area contributed by atoms with E-state index >= 15 is 0 Å². The second kappa shape index (κ2) is 8.24. The maximum atomic E-state index is 6.24. The number of aryl methyl sites for hydroxylation is 2. The van der Waals surface area contributed by atoms with Crippen LogP contribution in [-0.2, 0) is 0 Å². The Kier molecular flexibility index (Phi) is 6.97. The Labute approximate surface area is 119 Å². The van der Waals surface area contributed by atoms with Crippen molar-refractivity contribution in [2.24, 2.45) is 0 Å². The van der Waals surface area contributed by atoms with Crippen LogP contribution in [-0.4, -0.2) is 6.10 Å². The summed E-state index contributed by atoms with van der Waals surface area (Å²) in [5.74, 6) is 1.05. The standard InChI is InChI=1S/C18H30O/c1-6-8-10-17(11-9-7-2)19-18-12-14(3)16(5)15(4)13-18/h12-13,17H,6-11H2,1-5H3. The van der Waals surface area contributed by atoms with E-state index in [0.717, 1.165) is 5.75 Å². The van der Waals surface area contributed by atoms with Gasteiger partial charge in [-0.3, -0.25) is 0 Å². The fraction of sp³-hybridized carbons (Fsp3) is 0.667. The van der Waals surface area contributed by atoms with Crippen molar-refractivity contribution < 1.29 is 4.74 Å². The Bertz CT molecular complexity index is 350. The third kappa shape index (κ3) is 5.26. The topological polar surface area (TPSA) is 9.23 Å². The molecule has 19 heavy (non-hydrogen) atoms. The molecular formula is C18H30O. The lowest BCUT2D eigenvalue weighted by Crippen LogP contribution is -2.16. The molecule has 0 fully saturated rings. The first-order valence-electron chi connectivity index (χ1n) is 7.83. The number of hydrogen-bond acceptors (Lipinski definition) is 1. The van der Waals surface area contributed by atoms with Crippen molar-refractivity contribution in [3.05, 3.63) is 28.8 Å². The van der Waals surface area contributed by atoms with E-state index in [4.69, 9.17) is 4.74 Å². The van der Waals surface area contributed by atoms with Crippen molar-refractivity contribution in [2.45, 2.75) is 79.2 Å². The van der Waals surface area contributed by atoms with Gasteiger partial charge in [0.05, 0.1) is 6.10 Å². The zero-order chi connectivity index (χ0) is 14.3. The van der Waals surface area contributed by atoms with Gasteiger partial charge in [0.2, 0.25) is 0 Å². The molecule has 0 heterocycles. The van der Waals surface area contributed by atoms with Crippen molar-refractivity contribution in [1.29, 1.82) is 0 Å². The first-order valence-corrected chi connectivity index (χ1v) is 7.83. The van der Waals surface area contributed by atoms with Crippen molar-refractivity contribution >= 4 is 0 Å². The monoisotopic (exact) mass is 262 g/mol. The molecule has 0 aliphatic rings. The zero-order valence-electron chi connectivity index (χ0n) is 13.4. The van der Waals surface area contributed by atoms with Crippen LogP contribution in [0.15, 0.2) is 12.1 Å². The van der Waals surface area contributed by atoms with Crippen LogP contribution in [0.2, 0.25) is 0 Å². The highest BCUT2D eigenvalue weighted by Gasteiger charge is 2.11. The first-order chi connectivity index (χ1) is 9.08.